The largest absolute Gasteiger partial charge is 0.394 e. The molecular formula is C13H20N4. The quantitative estimate of drug-likeness (QED) is 0.817. The second-order valence-corrected chi connectivity index (χ2v) is 6.13. The first-order valence-electron chi connectivity index (χ1n) is 6.72. The topological polar surface area (TPSA) is 55.9 Å². The van der Waals surface area contributed by atoms with Crippen LogP contribution < -0.4 is 11.1 Å². The van der Waals surface area contributed by atoms with Crippen LogP contribution in [-0.4, -0.2) is 15.8 Å². The second-order valence-electron chi connectivity index (χ2n) is 6.13. The van der Waals surface area contributed by atoms with E-state index >= 15 is 0 Å². The van der Waals surface area contributed by atoms with Gasteiger partial charge in [0, 0.05) is 13.1 Å². The van der Waals surface area contributed by atoms with E-state index in [1.807, 2.05) is 18.7 Å². The van der Waals surface area contributed by atoms with E-state index in [2.05, 4.69) is 10.4 Å². The summed E-state index contributed by atoms with van der Waals surface area (Å²) in [5.41, 5.74) is 7.83. The Kier molecular flexibility index (Phi) is 1.72. The number of nitrogens with one attached hydrogen (secondary N) is 1. The molecule has 1 aromatic heterocycles. The average molecular weight is 232 g/mol. The van der Waals surface area contributed by atoms with Crippen molar-refractivity contribution in [1.82, 2.24) is 9.78 Å². The number of nitrogens with zero attached hydrogens (tertiary/aromatic N) is 2. The van der Waals surface area contributed by atoms with Crippen molar-refractivity contribution >= 4 is 11.5 Å². The molecule has 0 radical (unpaired) electrons. The van der Waals surface area contributed by atoms with Crippen molar-refractivity contribution in [3.8, 4) is 0 Å². The first-order valence-corrected chi connectivity index (χ1v) is 6.72. The van der Waals surface area contributed by atoms with Gasteiger partial charge in [-0.15, -0.1) is 0 Å². The molecule has 0 saturated heterocycles. The van der Waals surface area contributed by atoms with E-state index in [9.17, 15) is 0 Å². The van der Waals surface area contributed by atoms with Crippen LogP contribution in [0.3, 0.4) is 0 Å². The van der Waals surface area contributed by atoms with Crippen LogP contribution in [0.15, 0.2) is 0 Å². The van der Waals surface area contributed by atoms with Crippen molar-refractivity contribution in [3.05, 3.63) is 5.69 Å². The standard InChI is InChI=1S/C13H20N4/c1-6-11(14)13(17(2)16-6)15-12-9-7-3-4-8(5-7)10(9)12/h7-10,12,15H,3-5,14H2,1-2H3. The highest BCUT2D eigenvalue weighted by Crippen LogP contribution is 2.66. The van der Waals surface area contributed by atoms with Crippen molar-refractivity contribution in [2.75, 3.05) is 11.1 Å². The number of nitrogens with two attached hydrogens (primary N) is 1. The molecule has 4 nitrogen and oxygen atoms in total. The number of nitrogen functional groups attached to an aromatic ring is 1. The maximum absolute atomic E-state index is 6.07. The van der Waals surface area contributed by atoms with E-state index in [1.54, 1.807) is 0 Å². The maximum Gasteiger partial charge on any atom is 0.148 e. The van der Waals surface area contributed by atoms with Crippen LogP contribution in [-0.2, 0) is 7.05 Å². The van der Waals surface area contributed by atoms with Gasteiger partial charge in [-0.1, -0.05) is 0 Å². The van der Waals surface area contributed by atoms with Crippen LogP contribution in [0.5, 0.6) is 0 Å². The van der Waals surface area contributed by atoms with Gasteiger partial charge in [0.25, 0.3) is 0 Å². The lowest BCUT2D eigenvalue weighted by Crippen LogP contribution is -2.15. The maximum atomic E-state index is 6.07. The Balaban J connectivity index is 1.56. The summed E-state index contributed by atoms with van der Waals surface area (Å²) in [5, 5.41) is 8.02. The molecular weight excluding hydrogens is 212 g/mol. The number of rotatable bonds is 2. The summed E-state index contributed by atoms with van der Waals surface area (Å²) >= 11 is 0. The lowest BCUT2D eigenvalue weighted by molar-refractivity contribution is 0.456. The highest BCUT2D eigenvalue weighted by molar-refractivity contribution is 5.65. The summed E-state index contributed by atoms with van der Waals surface area (Å²) in [5.74, 6) is 4.89. The number of aryl methyl sites for hydroxylation is 2. The number of fused-ring (bicyclic) bond motifs is 5. The van der Waals surface area contributed by atoms with Gasteiger partial charge in [-0.2, -0.15) is 5.10 Å². The third-order valence-corrected chi connectivity index (χ3v) is 5.31. The molecule has 3 fully saturated rings. The van der Waals surface area contributed by atoms with Crippen molar-refractivity contribution in [3.63, 3.8) is 0 Å². The first-order chi connectivity index (χ1) is 8.16. The molecule has 4 heteroatoms. The molecule has 0 spiro atoms. The zero-order valence-corrected chi connectivity index (χ0v) is 10.5. The number of aromatic nitrogens is 2. The average Bonchev–Trinajstić information content (AvgIpc) is 2.60. The molecule has 17 heavy (non-hydrogen) atoms. The van der Waals surface area contributed by atoms with Crippen LogP contribution in [0.4, 0.5) is 11.5 Å². The fourth-order valence-electron chi connectivity index (χ4n) is 4.52. The predicted octanol–water partition coefficient (Wildman–Crippen LogP) is 1.77. The number of anilines is 2. The van der Waals surface area contributed by atoms with Gasteiger partial charge in [-0.3, -0.25) is 4.68 Å². The summed E-state index contributed by atoms with van der Waals surface area (Å²) in [6.07, 6.45) is 4.42. The zero-order valence-electron chi connectivity index (χ0n) is 10.5. The number of hydrogen-bond acceptors (Lipinski definition) is 3. The van der Waals surface area contributed by atoms with E-state index in [0.717, 1.165) is 40.9 Å². The highest BCUT2D eigenvalue weighted by Gasteiger charge is 2.65. The summed E-state index contributed by atoms with van der Waals surface area (Å²) in [4.78, 5) is 0. The molecule has 3 aliphatic carbocycles. The van der Waals surface area contributed by atoms with Gasteiger partial charge in [0.2, 0.25) is 0 Å². The molecule has 3 saturated carbocycles. The lowest BCUT2D eigenvalue weighted by Gasteiger charge is -2.12. The normalized spacial score (nSPS) is 41.6. The molecule has 0 aromatic carbocycles. The van der Waals surface area contributed by atoms with Crippen LogP contribution >= 0.6 is 0 Å². The minimum atomic E-state index is 0.679. The smallest absolute Gasteiger partial charge is 0.148 e. The molecule has 0 aliphatic heterocycles. The van der Waals surface area contributed by atoms with Crippen LogP contribution in [0.2, 0.25) is 0 Å². The summed E-state index contributed by atoms with van der Waals surface area (Å²) in [7, 11) is 1.97. The van der Waals surface area contributed by atoms with Crippen LogP contribution in [0, 0.1) is 30.6 Å². The summed E-state index contributed by atoms with van der Waals surface area (Å²) in [6, 6.07) is 0.679. The van der Waals surface area contributed by atoms with Crippen molar-refractivity contribution < 1.29 is 0 Å². The predicted molar refractivity (Wildman–Crippen MR) is 67.6 cm³/mol. The Labute approximate surface area is 102 Å². The van der Waals surface area contributed by atoms with Crippen LogP contribution in [0.1, 0.15) is 25.0 Å². The molecule has 4 atom stereocenters. The summed E-state index contributed by atoms with van der Waals surface area (Å²) < 4.78 is 1.89. The van der Waals surface area contributed by atoms with Crippen molar-refractivity contribution in [2.45, 2.75) is 32.2 Å². The van der Waals surface area contributed by atoms with Crippen molar-refractivity contribution in [2.24, 2.45) is 30.7 Å². The first kappa shape index (κ1) is 9.80. The van der Waals surface area contributed by atoms with Gasteiger partial charge in [0.1, 0.15) is 5.82 Å². The minimum absolute atomic E-state index is 0.679. The molecule has 3 N–H and O–H groups in total. The number of hydrogen-bond donors (Lipinski definition) is 2. The van der Waals surface area contributed by atoms with E-state index in [4.69, 9.17) is 5.73 Å². The Morgan fingerprint density at radius 1 is 1.29 bits per heavy atom. The Bertz CT molecular complexity index is 462. The van der Waals surface area contributed by atoms with Gasteiger partial charge in [-0.05, 0) is 49.9 Å². The molecule has 3 aliphatic rings. The molecule has 4 unspecified atom stereocenters. The Morgan fingerprint density at radius 2 is 1.94 bits per heavy atom. The molecule has 2 bridgehead atoms. The zero-order chi connectivity index (χ0) is 11.7. The van der Waals surface area contributed by atoms with Gasteiger partial charge < -0.3 is 11.1 Å². The minimum Gasteiger partial charge on any atom is -0.394 e. The summed E-state index contributed by atoms with van der Waals surface area (Å²) in [6.45, 7) is 1.97. The van der Waals surface area contributed by atoms with Gasteiger partial charge in [0.15, 0.2) is 0 Å². The lowest BCUT2D eigenvalue weighted by atomic mass is 10.0. The molecule has 92 valence electrons. The highest BCUT2D eigenvalue weighted by atomic mass is 15.3. The molecule has 4 rings (SSSR count). The van der Waals surface area contributed by atoms with E-state index in [1.165, 1.54) is 19.3 Å². The van der Waals surface area contributed by atoms with Gasteiger partial charge in [-0.25, -0.2) is 0 Å². The van der Waals surface area contributed by atoms with Gasteiger partial charge in [0.05, 0.1) is 11.4 Å². The van der Waals surface area contributed by atoms with Crippen molar-refractivity contribution in [1.29, 1.82) is 0 Å². The third-order valence-electron chi connectivity index (χ3n) is 5.31. The SMILES string of the molecule is Cc1nn(C)c(NC2C3C4CCC(C4)C23)c1N. The van der Waals surface area contributed by atoms with E-state index in [-0.39, 0.29) is 0 Å². The van der Waals surface area contributed by atoms with Crippen LogP contribution in [0.25, 0.3) is 0 Å². The monoisotopic (exact) mass is 232 g/mol. The molecule has 0 amide bonds. The Morgan fingerprint density at radius 3 is 2.47 bits per heavy atom. The van der Waals surface area contributed by atoms with E-state index in [0.29, 0.717) is 6.04 Å². The fraction of sp³-hybridized carbons (Fsp3) is 0.769. The second kappa shape index (κ2) is 2.98. The fourth-order valence-corrected chi connectivity index (χ4v) is 4.52. The van der Waals surface area contributed by atoms with E-state index < -0.39 is 0 Å². The Hall–Kier alpha value is -1.19. The molecule has 1 aromatic rings. The van der Waals surface area contributed by atoms with Gasteiger partial charge >= 0.3 is 0 Å². The molecule has 1 heterocycles. The third kappa shape index (κ3) is 1.16.